The summed E-state index contributed by atoms with van der Waals surface area (Å²) < 4.78 is 10.8. The number of hydrogen-bond acceptors (Lipinski definition) is 4. The Morgan fingerprint density at radius 3 is 3.00 bits per heavy atom. The summed E-state index contributed by atoms with van der Waals surface area (Å²) in [5.74, 6) is 1.66. The molecule has 1 aliphatic rings. The number of amides is 1. The highest BCUT2D eigenvalue weighted by Crippen LogP contribution is 2.33. The summed E-state index contributed by atoms with van der Waals surface area (Å²) in [6, 6.07) is 9.63. The molecule has 0 spiro atoms. The summed E-state index contributed by atoms with van der Waals surface area (Å²) in [6.45, 7) is 2.81. The lowest BCUT2D eigenvalue weighted by Crippen LogP contribution is -2.31. The minimum atomic E-state index is 0.00464. The molecule has 1 fully saturated rings. The van der Waals surface area contributed by atoms with Gasteiger partial charge >= 0.3 is 0 Å². The molecule has 0 bridgehead atoms. The topological polar surface area (TPSA) is 55.6 Å². The van der Waals surface area contributed by atoms with Crippen LogP contribution in [0.4, 0.5) is 0 Å². The Morgan fingerprint density at radius 2 is 2.26 bits per heavy atom. The van der Waals surface area contributed by atoms with E-state index in [-0.39, 0.29) is 11.9 Å². The third-order valence-electron chi connectivity index (χ3n) is 4.38. The van der Waals surface area contributed by atoms with E-state index < -0.39 is 0 Å². The Kier molecular flexibility index (Phi) is 4.65. The first-order valence-corrected chi connectivity index (χ1v) is 8.09. The molecule has 2 heterocycles. The Hall–Kier alpha value is -2.30. The monoisotopic (exact) mass is 314 g/mol. The van der Waals surface area contributed by atoms with Crippen LogP contribution in [0.15, 0.2) is 34.9 Å². The summed E-state index contributed by atoms with van der Waals surface area (Å²) in [7, 11) is 1.63. The van der Waals surface area contributed by atoms with Crippen LogP contribution in [0.3, 0.4) is 0 Å². The maximum absolute atomic E-state index is 12.8. The van der Waals surface area contributed by atoms with E-state index in [0.717, 1.165) is 48.6 Å². The van der Waals surface area contributed by atoms with Crippen molar-refractivity contribution in [1.82, 2.24) is 10.1 Å². The molecule has 3 rings (SSSR count). The first-order chi connectivity index (χ1) is 11.2. The van der Waals surface area contributed by atoms with Crippen molar-refractivity contribution >= 4 is 5.91 Å². The molecular formula is C18H22N2O3. The van der Waals surface area contributed by atoms with Gasteiger partial charge in [-0.25, -0.2) is 0 Å². The van der Waals surface area contributed by atoms with Gasteiger partial charge in [-0.15, -0.1) is 0 Å². The molecule has 5 heteroatoms. The molecular weight excluding hydrogens is 292 g/mol. The maximum Gasteiger partial charge on any atom is 0.227 e. The molecule has 1 atom stereocenters. The molecule has 23 heavy (non-hydrogen) atoms. The predicted molar refractivity (Wildman–Crippen MR) is 86.3 cm³/mol. The van der Waals surface area contributed by atoms with E-state index in [4.69, 9.17) is 9.26 Å². The average Bonchev–Trinajstić information content (AvgIpc) is 3.23. The normalized spacial score (nSPS) is 17.5. The van der Waals surface area contributed by atoms with Gasteiger partial charge in [-0.2, -0.15) is 0 Å². The molecule has 0 aliphatic carbocycles. The Balaban J connectivity index is 1.75. The standard InChI is InChI=1S/C18H22N2O3/c1-3-14-12-17(23-19-14)15-8-6-10-20(15)18(21)11-13-7-4-5-9-16(13)22-2/h4-5,7,9,12,15H,3,6,8,10-11H2,1-2H3/t15-/m0/s1. The highest BCUT2D eigenvalue weighted by atomic mass is 16.5. The minimum Gasteiger partial charge on any atom is -0.496 e. The number of ether oxygens (including phenoxy) is 1. The molecule has 0 saturated carbocycles. The third-order valence-corrected chi connectivity index (χ3v) is 4.38. The van der Waals surface area contributed by atoms with Gasteiger partial charge in [-0.3, -0.25) is 4.79 Å². The number of hydrogen-bond donors (Lipinski definition) is 0. The summed E-state index contributed by atoms with van der Waals surface area (Å²) in [5.41, 5.74) is 1.85. The van der Waals surface area contributed by atoms with Gasteiger partial charge in [0.2, 0.25) is 5.91 Å². The van der Waals surface area contributed by atoms with Crippen LogP contribution in [0.2, 0.25) is 0 Å². The lowest BCUT2D eigenvalue weighted by atomic mass is 10.1. The lowest BCUT2D eigenvalue weighted by Gasteiger charge is -2.23. The number of para-hydroxylation sites is 1. The van der Waals surface area contributed by atoms with E-state index in [1.54, 1.807) is 7.11 Å². The van der Waals surface area contributed by atoms with E-state index in [2.05, 4.69) is 5.16 Å². The van der Waals surface area contributed by atoms with Crippen molar-refractivity contribution in [2.45, 2.75) is 38.6 Å². The number of aromatic nitrogens is 1. The van der Waals surface area contributed by atoms with Crippen LogP contribution in [0.1, 0.15) is 42.8 Å². The number of carbonyl (C=O) groups is 1. The van der Waals surface area contributed by atoms with Crippen LogP contribution >= 0.6 is 0 Å². The molecule has 1 aliphatic heterocycles. The summed E-state index contributed by atoms with van der Waals surface area (Å²) in [5, 5.41) is 4.05. The van der Waals surface area contributed by atoms with Crippen molar-refractivity contribution in [3.05, 3.63) is 47.3 Å². The lowest BCUT2D eigenvalue weighted by molar-refractivity contribution is -0.131. The van der Waals surface area contributed by atoms with E-state index in [0.29, 0.717) is 6.42 Å². The molecule has 0 radical (unpaired) electrons. The number of aryl methyl sites for hydroxylation is 1. The van der Waals surface area contributed by atoms with Crippen LogP contribution in [-0.2, 0) is 17.6 Å². The van der Waals surface area contributed by atoms with Crippen LogP contribution in [-0.4, -0.2) is 29.6 Å². The predicted octanol–water partition coefficient (Wildman–Crippen LogP) is 3.15. The molecule has 5 nitrogen and oxygen atoms in total. The van der Waals surface area contributed by atoms with Gasteiger partial charge in [0.05, 0.1) is 25.3 Å². The number of carbonyl (C=O) groups excluding carboxylic acids is 1. The molecule has 0 N–H and O–H groups in total. The molecule has 1 saturated heterocycles. The molecule has 2 aromatic rings. The number of likely N-dealkylation sites (tertiary alicyclic amines) is 1. The van der Waals surface area contributed by atoms with Crippen molar-refractivity contribution < 1.29 is 14.1 Å². The van der Waals surface area contributed by atoms with Gasteiger partial charge in [-0.05, 0) is 25.3 Å². The fraction of sp³-hybridized carbons (Fsp3) is 0.444. The van der Waals surface area contributed by atoms with Crippen molar-refractivity contribution in [3.63, 3.8) is 0 Å². The summed E-state index contributed by atoms with van der Waals surface area (Å²) in [6.07, 6.45) is 3.10. The van der Waals surface area contributed by atoms with Gasteiger partial charge in [-0.1, -0.05) is 30.3 Å². The van der Waals surface area contributed by atoms with Crippen molar-refractivity contribution in [1.29, 1.82) is 0 Å². The van der Waals surface area contributed by atoms with E-state index in [1.165, 1.54) is 0 Å². The smallest absolute Gasteiger partial charge is 0.227 e. The van der Waals surface area contributed by atoms with Gasteiger partial charge < -0.3 is 14.2 Å². The van der Waals surface area contributed by atoms with Crippen LogP contribution in [0, 0.1) is 0 Å². The minimum absolute atomic E-state index is 0.00464. The number of rotatable bonds is 5. The van der Waals surface area contributed by atoms with E-state index in [9.17, 15) is 4.79 Å². The van der Waals surface area contributed by atoms with Crippen LogP contribution < -0.4 is 4.74 Å². The largest absolute Gasteiger partial charge is 0.496 e. The van der Waals surface area contributed by atoms with Crippen LogP contribution in [0.25, 0.3) is 0 Å². The molecule has 0 unspecified atom stereocenters. The van der Waals surface area contributed by atoms with E-state index in [1.807, 2.05) is 42.2 Å². The van der Waals surface area contributed by atoms with Gasteiger partial charge in [0.1, 0.15) is 5.75 Å². The fourth-order valence-electron chi connectivity index (χ4n) is 3.13. The Labute approximate surface area is 136 Å². The van der Waals surface area contributed by atoms with Crippen molar-refractivity contribution in [3.8, 4) is 5.75 Å². The van der Waals surface area contributed by atoms with Crippen molar-refractivity contribution in [2.24, 2.45) is 0 Å². The van der Waals surface area contributed by atoms with Gasteiger partial charge in [0.15, 0.2) is 5.76 Å². The fourth-order valence-corrected chi connectivity index (χ4v) is 3.13. The van der Waals surface area contributed by atoms with Crippen LogP contribution in [0.5, 0.6) is 5.75 Å². The quantitative estimate of drug-likeness (QED) is 0.850. The second-order valence-corrected chi connectivity index (χ2v) is 5.81. The second kappa shape index (κ2) is 6.86. The first kappa shape index (κ1) is 15.6. The summed E-state index contributed by atoms with van der Waals surface area (Å²) in [4.78, 5) is 14.7. The number of methoxy groups -OCH3 is 1. The highest BCUT2D eigenvalue weighted by Gasteiger charge is 2.32. The average molecular weight is 314 g/mol. The number of nitrogens with zero attached hydrogens (tertiary/aromatic N) is 2. The zero-order valence-electron chi connectivity index (χ0n) is 13.6. The van der Waals surface area contributed by atoms with Gasteiger partial charge in [0, 0.05) is 18.2 Å². The zero-order chi connectivity index (χ0) is 16.2. The molecule has 1 aromatic carbocycles. The van der Waals surface area contributed by atoms with Gasteiger partial charge in [0.25, 0.3) is 0 Å². The first-order valence-electron chi connectivity index (χ1n) is 8.09. The Morgan fingerprint density at radius 1 is 1.43 bits per heavy atom. The molecule has 122 valence electrons. The third kappa shape index (κ3) is 3.23. The second-order valence-electron chi connectivity index (χ2n) is 5.81. The van der Waals surface area contributed by atoms with E-state index >= 15 is 0 Å². The SMILES string of the molecule is CCc1cc([C@@H]2CCCN2C(=O)Cc2ccccc2OC)on1. The molecule has 1 amide bonds. The Bertz CT molecular complexity index is 680. The zero-order valence-corrected chi connectivity index (χ0v) is 13.6. The summed E-state index contributed by atoms with van der Waals surface area (Å²) >= 11 is 0. The highest BCUT2D eigenvalue weighted by molar-refractivity contribution is 5.80. The number of benzene rings is 1. The van der Waals surface area contributed by atoms with Crippen molar-refractivity contribution in [2.75, 3.05) is 13.7 Å². The molecule has 1 aromatic heterocycles. The maximum atomic E-state index is 12.8.